The minimum atomic E-state index is -4.15. The van der Waals surface area contributed by atoms with E-state index in [4.69, 9.17) is 9.84 Å². The van der Waals surface area contributed by atoms with Crippen LogP contribution < -0.4 is 25.0 Å². The first-order valence-electron chi connectivity index (χ1n) is 10.00. The van der Waals surface area contributed by atoms with Crippen molar-refractivity contribution in [3.05, 3.63) is 48.3 Å². The van der Waals surface area contributed by atoms with Crippen molar-refractivity contribution in [2.45, 2.75) is 37.3 Å². The van der Waals surface area contributed by atoms with Crippen molar-refractivity contribution < 1.29 is 32.2 Å². The Balaban J connectivity index is 1.92. The molecule has 2 aromatic carbocycles. The van der Waals surface area contributed by atoms with Crippen LogP contribution >= 0.6 is 0 Å². The molecule has 33 heavy (non-hydrogen) atoms. The summed E-state index contributed by atoms with van der Waals surface area (Å²) in [5.41, 5.74) is -0.207. The number of hydrogen-bond acceptors (Lipinski definition) is 5. The summed E-state index contributed by atoms with van der Waals surface area (Å²) in [6.07, 6.45) is -2.05. The predicted octanol–water partition coefficient (Wildman–Crippen LogP) is 2.97. The predicted molar refractivity (Wildman–Crippen MR) is 120 cm³/mol. The minimum absolute atomic E-state index is 0.00587. The normalized spacial score (nSPS) is 15.8. The summed E-state index contributed by atoms with van der Waals surface area (Å²) in [5.74, 6) is -0.401. The summed E-state index contributed by atoms with van der Waals surface area (Å²) in [5, 5.41) is 16.6. The van der Waals surface area contributed by atoms with Gasteiger partial charge in [-0.3, -0.25) is 9.62 Å². The second-order valence-corrected chi connectivity index (χ2v) is 10.3. The van der Waals surface area contributed by atoms with Crippen molar-refractivity contribution in [1.82, 2.24) is 10.6 Å². The van der Waals surface area contributed by atoms with Crippen LogP contribution in [0, 0.1) is 5.82 Å². The van der Waals surface area contributed by atoms with Crippen molar-refractivity contribution in [3.63, 3.8) is 0 Å². The molecule has 10 nitrogen and oxygen atoms in total. The Labute approximate surface area is 190 Å². The first-order chi connectivity index (χ1) is 15.3. The molecule has 1 heterocycles. The van der Waals surface area contributed by atoms with E-state index in [0.717, 1.165) is 28.6 Å². The Kier molecular flexibility index (Phi) is 6.68. The van der Waals surface area contributed by atoms with Crippen LogP contribution in [-0.4, -0.2) is 50.4 Å². The Bertz CT molecular complexity index is 1150. The summed E-state index contributed by atoms with van der Waals surface area (Å²) in [4.78, 5) is 23.0. The average Bonchev–Trinajstić information content (AvgIpc) is 2.70. The number of carboxylic acid groups (broad SMARTS) is 1. The van der Waals surface area contributed by atoms with Gasteiger partial charge in [-0.05, 0) is 63.2 Å². The van der Waals surface area contributed by atoms with Crippen LogP contribution in [0.15, 0.2) is 47.4 Å². The third kappa shape index (κ3) is 6.04. The molecule has 3 rings (SSSR count). The van der Waals surface area contributed by atoms with E-state index in [1.165, 1.54) is 18.2 Å². The molecule has 0 aliphatic carbocycles. The maximum atomic E-state index is 13.4. The molecule has 0 radical (unpaired) electrons. The van der Waals surface area contributed by atoms with E-state index in [0.29, 0.717) is 0 Å². The fourth-order valence-corrected chi connectivity index (χ4v) is 4.67. The number of halogens is 1. The molecule has 12 heteroatoms. The number of nitrogens with zero attached hydrogens (tertiary/aromatic N) is 1. The fourth-order valence-electron chi connectivity index (χ4n) is 3.17. The SMILES string of the molecule is CC(C)(C)NC(=O)NCC1CN(S(=O)(=O)c2ccc(F)cc2)c2cc(NC(=O)O)ccc2O1. The number of amides is 3. The number of hydrogen-bond donors (Lipinski definition) is 4. The van der Waals surface area contributed by atoms with Crippen LogP contribution in [0.1, 0.15) is 20.8 Å². The lowest BCUT2D eigenvalue weighted by Crippen LogP contribution is -2.52. The second kappa shape index (κ2) is 9.14. The van der Waals surface area contributed by atoms with Crippen LogP contribution in [0.25, 0.3) is 0 Å². The molecule has 0 aromatic heterocycles. The van der Waals surface area contributed by atoms with Crippen molar-refractivity contribution in [1.29, 1.82) is 0 Å². The number of ether oxygens (including phenoxy) is 1. The van der Waals surface area contributed by atoms with Crippen LogP contribution in [0.3, 0.4) is 0 Å². The summed E-state index contributed by atoms with van der Waals surface area (Å²) in [7, 11) is -4.15. The van der Waals surface area contributed by atoms with Gasteiger partial charge in [0.15, 0.2) is 0 Å². The molecule has 0 saturated carbocycles. The molecule has 3 amide bonds. The van der Waals surface area contributed by atoms with Gasteiger partial charge in [-0.2, -0.15) is 0 Å². The third-order valence-electron chi connectivity index (χ3n) is 4.52. The molecular formula is C21H25FN4O6S. The number of urea groups is 1. The average molecular weight is 481 g/mol. The van der Waals surface area contributed by atoms with Gasteiger partial charge in [-0.25, -0.2) is 22.4 Å². The summed E-state index contributed by atoms with van der Waals surface area (Å²) in [6, 6.07) is 8.12. The smallest absolute Gasteiger partial charge is 0.409 e. The topological polar surface area (TPSA) is 137 Å². The highest BCUT2D eigenvalue weighted by Gasteiger charge is 2.35. The molecule has 0 bridgehead atoms. The summed E-state index contributed by atoms with van der Waals surface area (Å²) in [6.45, 7) is 5.30. The zero-order valence-electron chi connectivity index (χ0n) is 18.3. The van der Waals surface area contributed by atoms with Gasteiger partial charge < -0.3 is 20.5 Å². The number of benzene rings is 2. The molecule has 1 aliphatic heterocycles. The molecule has 1 unspecified atom stereocenters. The Morgan fingerprint density at radius 3 is 2.45 bits per heavy atom. The largest absolute Gasteiger partial charge is 0.484 e. The van der Waals surface area contributed by atoms with E-state index < -0.39 is 39.6 Å². The van der Waals surface area contributed by atoms with Gasteiger partial charge >= 0.3 is 12.1 Å². The molecular weight excluding hydrogens is 455 g/mol. The first-order valence-corrected chi connectivity index (χ1v) is 11.4. The van der Waals surface area contributed by atoms with Crippen molar-refractivity contribution in [2.75, 3.05) is 22.7 Å². The van der Waals surface area contributed by atoms with Crippen LogP contribution in [0.5, 0.6) is 5.75 Å². The molecule has 2 aromatic rings. The summed E-state index contributed by atoms with van der Waals surface area (Å²) < 4.78 is 47.0. The number of carbonyl (C=O) groups is 2. The van der Waals surface area contributed by atoms with Crippen molar-refractivity contribution in [3.8, 4) is 5.75 Å². The van der Waals surface area contributed by atoms with Gasteiger partial charge in [-0.1, -0.05) is 0 Å². The quantitative estimate of drug-likeness (QED) is 0.519. The number of anilines is 2. The maximum Gasteiger partial charge on any atom is 0.409 e. The van der Waals surface area contributed by atoms with Crippen molar-refractivity contribution in [2.24, 2.45) is 0 Å². The number of carbonyl (C=O) groups excluding carboxylic acids is 1. The van der Waals surface area contributed by atoms with Crippen molar-refractivity contribution >= 4 is 33.5 Å². The van der Waals surface area contributed by atoms with E-state index in [1.54, 1.807) is 0 Å². The van der Waals surface area contributed by atoms with Gasteiger partial charge in [0, 0.05) is 11.2 Å². The van der Waals surface area contributed by atoms with Gasteiger partial charge in [-0.15, -0.1) is 0 Å². The standard InChI is InChI=1S/C21H25FN4O6S/c1-21(2,3)25-19(27)23-11-15-12-26(33(30,31)16-7-4-13(22)5-8-16)17-10-14(24-20(28)29)6-9-18(17)32-15/h4-10,15,24H,11-12H2,1-3H3,(H,28,29)(H2,23,25,27). The zero-order valence-corrected chi connectivity index (χ0v) is 19.1. The van der Waals surface area contributed by atoms with Crippen LogP contribution in [0.2, 0.25) is 0 Å². The van der Waals surface area contributed by atoms with Crippen LogP contribution in [0.4, 0.5) is 25.4 Å². The van der Waals surface area contributed by atoms with Gasteiger partial charge in [0.25, 0.3) is 10.0 Å². The lowest BCUT2D eigenvalue weighted by Gasteiger charge is -2.36. The third-order valence-corrected chi connectivity index (χ3v) is 6.32. The lowest BCUT2D eigenvalue weighted by atomic mass is 10.1. The molecule has 1 atom stereocenters. The Morgan fingerprint density at radius 1 is 1.18 bits per heavy atom. The van der Waals surface area contributed by atoms with E-state index in [1.807, 2.05) is 20.8 Å². The molecule has 1 aliphatic rings. The van der Waals surface area contributed by atoms with Gasteiger partial charge in [0.1, 0.15) is 17.7 Å². The monoisotopic (exact) mass is 480 g/mol. The lowest BCUT2D eigenvalue weighted by molar-refractivity contribution is 0.189. The number of fused-ring (bicyclic) bond motifs is 1. The fraction of sp³-hybridized carbons (Fsp3) is 0.333. The second-order valence-electron chi connectivity index (χ2n) is 8.43. The van der Waals surface area contributed by atoms with E-state index in [-0.39, 0.29) is 35.1 Å². The molecule has 0 spiro atoms. The molecule has 178 valence electrons. The van der Waals surface area contributed by atoms with E-state index in [2.05, 4.69) is 16.0 Å². The molecule has 0 saturated heterocycles. The maximum absolute atomic E-state index is 13.4. The highest BCUT2D eigenvalue weighted by Crippen LogP contribution is 2.39. The molecule has 0 fully saturated rings. The highest BCUT2D eigenvalue weighted by molar-refractivity contribution is 7.92. The van der Waals surface area contributed by atoms with E-state index in [9.17, 15) is 22.4 Å². The highest BCUT2D eigenvalue weighted by atomic mass is 32.2. The Hall–Kier alpha value is -3.54. The number of rotatable bonds is 5. The minimum Gasteiger partial charge on any atom is -0.484 e. The van der Waals surface area contributed by atoms with E-state index >= 15 is 0 Å². The summed E-state index contributed by atoms with van der Waals surface area (Å²) >= 11 is 0. The first kappa shape index (κ1) is 24.1. The van der Waals surface area contributed by atoms with Crippen LogP contribution in [-0.2, 0) is 10.0 Å². The number of sulfonamides is 1. The van der Waals surface area contributed by atoms with Gasteiger partial charge in [0.05, 0.1) is 23.7 Å². The number of nitrogens with one attached hydrogen (secondary N) is 3. The van der Waals surface area contributed by atoms with Gasteiger partial charge in [0.2, 0.25) is 0 Å². The zero-order chi connectivity index (χ0) is 24.4. The molecule has 4 N–H and O–H groups in total. The Morgan fingerprint density at radius 2 is 1.85 bits per heavy atom.